The van der Waals surface area contributed by atoms with E-state index in [0.29, 0.717) is 0 Å². The largest absolute Gasteiger partial charge is 0.348 e. The van der Waals surface area contributed by atoms with Crippen molar-refractivity contribution in [3.63, 3.8) is 0 Å². The Hall–Kier alpha value is -0.880. The van der Waals surface area contributed by atoms with Gasteiger partial charge in [-0.05, 0) is 25.3 Å². The molecule has 0 aliphatic carbocycles. The minimum atomic E-state index is -3.33. The van der Waals surface area contributed by atoms with Crippen molar-refractivity contribution in [3.8, 4) is 0 Å². The van der Waals surface area contributed by atoms with E-state index in [-0.39, 0.29) is 6.04 Å². The van der Waals surface area contributed by atoms with Gasteiger partial charge in [-0.3, -0.25) is 4.79 Å². The topological polar surface area (TPSA) is 63.2 Å². The van der Waals surface area contributed by atoms with E-state index in [1.54, 1.807) is 0 Å². The van der Waals surface area contributed by atoms with E-state index in [9.17, 15) is 13.2 Å². The van der Waals surface area contributed by atoms with Crippen LogP contribution >= 0.6 is 11.3 Å². The van der Waals surface area contributed by atoms with Crippen LogP contribution in [-0.4, -0.2) is 25.8 Å². The number of rotatable bonds is 4. The zero-order valence-corrected chi connectivity index (χ0v) is 11.1. The molecule has 0 saturated carbocycles. The van der Waals surface area contributed by atoms with Gasteiger partial charge in [0, 0.05) is 11.1 Å². The van der Waals surface area contributed by atoms with E-state index < -0.39 is 21.0 Å². The van der Waals surface area contributed by atoms with Gasteiger partial charge in [-0.15, -0.1) is 11.3 Å². The van der Waals surface area contributed by atoms with Crippen LogP contribution in [0.3, 0.4) is 0 Å². The second-order valence-electron chi connectivity index (χ2n) is 3.72. The lowest BCUT2D eigenvalue weighted by Crippen LogP contribution is -2.38. The molecule has 0 aliphatic rings. The average molecular weight is 261 g/mol. The Labute approximate surface area is 99.6 Å². The van der Waals surface area contributed by atoms with Crippen LogP contribution in [0.15, 0.2) is 17.5 Å². The Morgan fingerprint density at radius 3 is 2.50 bits per heavy atom. The number of carbonyl (C=O) groups is 1. The van der Waals surface area contributed by atoms with E-state index in [0.717, 1.165) is 11.1 Å². The maximum Gasteiger partial charge on any atom is 0.238 e. The second kappa shape index (κ2) is 4.97. The van der Waals surface area contributed by atoms with Crippen LogP contribution in [0.1, 0.15) is 24.8 Å². The summed E-state index contributed by atoms with van der Waals surface area (Å²) in [5.41, 5.74) is 0. The van der Waals surface area contributed by atoms with E-state index >= 15 is 0 Å². The summed E-state index contributed by atoms with van der Waals surface area (Å²) in [6.45, 7) is 3.23. The van der Waals surface area contributed by atoms with Crippen LogP contribution < -0.4 is 5.32 Å². The Kier molecular flexibility index (Phi) is 4.09. The first-order valence-electron chi connectivity index (χ1n) is 4.85. The summed E-state index contributed by atoms with van der Waals surface area (Å²) in [5, 5.41) is 3.59. The molecule has 1 aromatic heterocycles. The molecule has 4 nitrogen and oxygen atoms in total. The van der Waals surface area contributed by atoms with Crippen LogP contribution in [-0.2, 0) is 14.6 Å². The van der Waals surface area contributed by atoms with Crippen LogP contribution in [0.4, 0.5) is 0 Å². The van der Waals surface area contributed by atoms with E-state index in [2.05, 4.69) is 5.32 Å². The molecule has 1 rings (SSSR count). The molecule has 0 saturated heterocycles. The number of nitrogens with one attached hydrogen (secondary N) is 1. The number of hydrogen-bond donors (Lipinski definition) is 1. The lowest BCUT2D eigenvalue weighted by Gasteiger charge is -2.15. The Morgan fingerprint density at radius 2 is 2.06 bits per heavy atom. The molecular formula is C10H15NO3S2. The summed E-state index contributed by atoms with van der Waals surface area (Å²) >= 11 is 1.53. The summed E-state index contributed by atoms with van der Waals surface area (Å²) in [7, 11) is -3.33. The predicted molar refractivity (Wildman–Crippen MR) is 65.2 cm³/mol. The first-order valence-corrected chi connectivity index (χ1v) is 7.68. The van der Waals surface area contributed by atoms with Crippen molar-refractivity contribution in [1.29, 1.82) is 0 Å². The van der Waals surface area contributed by atoms with Gasteiger partial charge in [0.1, 0.15) is 5.25 Å². The quantitative estimate of drug-likeness (QED) is 0.890. The van der Waals surface area contributed by atoms with Crippen molar-refractivity contribution in [1.82, 2.24) is 5.32 Å². The number of hydrogen-bond acceptors (Lipinski definition) is 4. The number of sulfone groups is 1. The van der Waals surface area contributed by atoms with Gasteiger partial charge in [-0.25, -0.2) is 8.42 Å². The normalized spacial score (nSPS) is 15.4. The highest BCUT2D eigenvalue weighted by molar-refractivity contribution is 7.92. The Balaban J connectivity index is 2.66. The summed E-state index contributed by atoms with van der Waals surface area (Å²) < 4.78 is 22.4. The van der Waals surface area contributed by atoms with Gasteiger partial charge in [-0.2, -0.15) is 0 Å². The summed E-state index contributed by atoms with van der Waals surface area (Å²) in [4.78, 5) is 12.6. The van der Waals surface area contributed by atoms with Gasteiger partial charge in [0.05, 0.1) is 6.04 Å². The van der Waals surface area contributed by atoms with E-state index in [1.165, 1.54) is 18.3 Å². The van der Waals surface area contributed by atoms with Crippen molar-refractivity contribution in [2.24, 2.45) is 0 Å². The molecule has 90 valence electrons. The van der Waals surface area contributed by atoms with Gasteiger partial charge in [0.2, 0.25) is 5.91 Å². The molecule has 1 aromatic rings. The third kappa shape index (κ3) is 3.31. The van der Waals surface area contributed by atoms with Gasteiger partial charge < -0.3 is 5.32 Å². The third-order valence-electron chi connectivity index (χ3n) is 2.34. The minimum Gasteiger partial charge on any atom is -0.348 e. The first kappa shape index (κ1) is 13.2. The van der Waals surface area contributed by atoms with Crippen LogP contribution in [0.2, 0.25) is 0 Å². The lowest BCUT2D eigenvalue weighted by atomic mass is 10.2. The zero-order valence-electron chi connectivity index (χ0n) is 9.43. The third-order valence-corrected chi connectivity index (χ3v) is 4.89. The number of carbonyl (C=O) groups excluding carboxylic acids is 1. The second-order valence-corrected chi connectivity index (χ2v) is 7.06. The molecule has 0 aromatic carbocycles. The standard InChI is InChI=1S/C10H15NO3S2/c1-7(9-5-4-6-15-9)11-10(12)8(2)16(3,13)14/h4-8H,1-3H3,(H,11,12). The SMILES string of the molecule is CC(NC(=O)C(C)S(C)(=O)=O)c1cccs1. The Morgan fingerprint density at radius 1 is 1.44 bits per heavy atom. The summed E-state index contributed by atoms with van der Waals surface area (Å²) in [6, 6.07) is 3.64. The maximum atomic E-state index is 11.6. The molecule has 16 heavy (non-hydrogen) atoms. The highest BCUT2D eigenvalue weighted by Crippen LogP contribution is 2.18. The molecule has 0 fully saturated rings. The lowest BCUT2D eigenvalue weighted by molar-refractivity contribution is -0.121. The molecule has 0 radical (unpaired) electrons. The smallest absolute Gasteiger partial charge is 0.238 e. The molecule has 0 spiro atoms. The fourth-order valence-corrected chi connectivity index (χ4v) is 2.33. The van der Waals surface area contributed by atoms with Crippen molar-refractivity contribution < 1.29 is 13.2 Å². The first-order chi connectivity index (χ1) is 7.32. The van der Waals surface area contributed by atoms with Crippen molar-refractivity contribution >= 4 is 27.1 Å². The van der Waals surface area contributed by atoms with E-state index in [1.807, 2.05) is 24.4 Å². The Bertz CT molecular complexity index is 450. The van der Waals surface area contributed by atoms with Crippen LogP contribution in [0.5, 0.6) is 0 Å². The van der Waals surface area contributed by atoms with E-state index in [4.69, 9.17) is 0 Å². The fraction of sp³-hybridized carbons (Fsp3) is 0.500. The molecule has 1 heterocycles. The van der Waals surface area contributed by atoms with Crippen LogP contribution in [0, 0.1) is 0 Å². The predicted octanol–water partition coefficient (Wildman–Crippen LogP) is 1.36. The van der Waals surface area contributed by atoms with Gasteiger partial charge in [0.25, 0.3) is 0 Å². The minimum absolute atomic E-state index is 0.156. The van der Waals surface area contributed by atoms with Gasteiger partial charge in [-0.1, -0.05) is 6.07 Å². The molecule has 6 heteroatoms. The van der Waals surface area contributed by atoms with Crippen molar-refractivity contribution in [2.45, 2.75) is 25.1 Å². The summed E-state index contributed by atoms with van der Waals surface area (Å²) in [6.07, 6.45) is 1.06. The molecule has 2 unspecified atom stereocenters. The molecule has 1 N–H and O–H groups in total. The van der Waals surface area contributed by atoms with Gasteiger partial charge in [0.15, 0.2) is 9.84 Å². The van der Waals surface area contributed by atoms with Crippen molar-refractivity contribution in [3.05, 3.63) is 22.4 Å². The number of amides is 1. The number of thiophene rings is 1. The van der Waals surface area contributed by atoms with Crippen molar-refractivity contribution in [2.75, 3.05) is 6.26 Å². The van der Waals surface area contributed by atoms with Crippen LogP contribution in [0.25, 0.3) is 0 Å². The van der Waals surface area contributed by atoms with Gasteiger partial charge >= 0.3 is 0 Å². The molecule has 0 bridgehead atoms. The molecule has 1 amide bonds. The maximum absolute atomic E-state index is 11.6. The monoisotopic (exact) mass is 261 g/mol. The fourth-order valence-electron chi connectivity index (χ4n) is 1.13. The zero-order chi connectivity index (χ0) is 12.3. The average Bonchev–Trinajstić information content (AvgIpc) is 2.67. The highest BCUT2D eigenvalue weighted by atomic mass is 32.2. The highest BCUT2D eigenvalue weighted by Gasteiger charge is 2.24. The molecule has 0 aliphatic heterocycles. The summed E-state index contributed by atoms with van der Waals surface area (Å²) in [5.74, 6) is -0.455. The molecule has 2 atom stereocenters. The molecular weight excluding hydrogens is 246 g/mol.